The van der Waals surface area contributed by atoms with Gasteiger partial charge in [0.2, 0.25) is 0 Å². The molecule has 0 bridgehead atoms. The number of phenolic OH excluding ortho intramolecular Hbond substituents is 1. The lowest BCUT2D eigenvalue weighted by molar-refractivity contribution is 0.405. The van der Waals surface area contributed by atoms with Crippen LogP contribution in [0.2, 0.25) is 0 Å². The van der Waals surface area contributed by atoms with E-state index in [1.165, 1.54) is 12.1 Å². The molecule has 4 nitrogen and oxygen atoms in total. The summed E-state index contributed by atoms with van der Waals surface area (Å²) in [6.07, 6.45) is 0. The Kier molecular flexibility index (Phi) is 2.22. The summed E-state index contributed by atoms with van der Waals surface area (Å²) in [6.45, 7) is 0.520. The second-order valence-corrected chi connectivity index (χ2v) is 3.54. The van der Waals surface area contributed by atoms with E-state index in [0.29, 0.717) is 12.5 Å². The van der Waals surface area contributed by atoms with Gasteiger partial charge >= 0.3 is 0 Å². The molecule has 5 heteroatoms. The molecule has 1 atom stereocenters. The molecular weight excluding hydrogens is 197 g/mol. The Hall–Kier alpha value is -1.78. The van der Waals surface area contributed by atoms with Gasteiger partial charge in [-0.1, -0.05) is 6.07 Å². The summed E-state index contributed by atoms with van der Waals surface area (Å²) in [5.74, 6) is -0.506. The zero-order valence-electron chi connectivity index (χ0n) is 8.31. The largest absolute Gasteiger partial charge is 0.505 e. The third-order valence-corrected chi connectivity index (χ3v) is 2.61. The Balaban J connectivity index is 2.28. The highest BCUT2D eigenvalue weighted by molar-refractivity contribution is 5.80. The molecule has 1 aromatic rings. The van der Waals surface area contributed by atoms with Crippen molar-refractivity contribution in [2.75, 3.05) is 13.6 Å². The molecule has 80 valence electrons. The molecule has 0 saturated heterocycles. The van der Waals surface area contributed by atoms with Crippen molar-refractivity contribution in [3.8, 4) is 5.75 Å². The minimum Gasteiger partial charge on any atom is -0.505 e. The number of rotatable bonds is 1. The summed E-state index contributed by atoms with van der Waals surface area (Å²) in [4.78, 5) is 5.85. The topological polar surface area (TPSA) is 61.8 Å². The van der Waals surface area contributed by atoms with E-state index in [0.717, 1.165) is 5.56 Å². The van der Waals surface area contributed by atoms with Crippen molar-refractivity contribution >= 4 is 5.96 Å². The summed E-state index contributed by atoms with van der Waals surface area (Å²) in [5, 5.41) is 9.06. The fourth-order valence-corrected chi connectivity index (χ4v) is 1.63. The van der Waals surface area contributed by atoms with Gasteiger partial charge in [0.25, 0.3) is 0 Å². The van der Waals surface area contributed by atoms with Crippen LogP contribution in [0.3, 0.4) is 0 Å². The van der Waals surface area contributed by atoms with Crippen LogP contribution in [0.25, 0.3) is 0 Å². The highest BCUT2D eigenvalue weighted by atomic mass is 19.1. The van der Waals surface area contributed by atoms with Gasteiger partial charge in [-0.2, -0.15) is 0 Å². The first-order valence-electron chi connectivity index (χ1n) is 4.61. The zero-order chi connectivity index (χ0) is 11.0. The number of aromatic hydroxyl groups is 1. The molecule has 1 aromatic carbocycles. The van der Waals surface area contributed by atoms with E-state index in [1.807, 2.05) is 0 Å². The summed E-state index contributed by atoms with van der Waals surface area (Å²) >= 11 is 0. The van der Waals surface area contributed by atoms with E-state index in [9.17, 15) is 4.39 Å². The molecule has 0 fully saturated rings. The van der Waals surface area contributed by atoms with Gasteiger partial charge in [-0.25, -0.2) is 4.39 Å². The first-order chi connectivity index (χ1) is 7.09. The van der Waals surface area contributed by atoms with E-state index in [2.05, 4.69) is 4.99 Å². The van der Waals surface area contributed by atoms with E-state index in [-0.39, 0.29) is 11.8 Å². The maximum absolute atomic E-state index is 13.1. The third-order valence-electron chi connectivity index (χ3n) is 2.61. The highest BCUT2D eigenvalue weighted by Gasteiger charge is 2.24. The lowest BCUT2D eigenvalue weighted by Crippen LogP contribution is -2.32. The Morgan fingerprint density at radius 1 is 1.60 bits per heavy atom. The molecule has 2 rings (SSSR count). The van der Waals surface area contributed by atoms with Gasteiger partial charge in [-0.05, 0) is 17.7 Å². The van der Waals surface area contributed by atoms with Gasteiger partial charge in [0, 0.05) is 7.05 Å². The second kappa shape index (κ2) is 3.42. The summed E-state index contributed by atoms with van der Waals surface area (Å²) < 4.78 is 13.1. The minimum atomic E-state index is -0.619. The van der Waals surface area contributed by atoms with Crippen molar-refractivity contribution < 1.29 is 9.50 Å². The van der Waals surface area contributed by atoms with Crippen molar-refractivity contribution in [2.24, 2.45) is 10.7 Å². The average molecular weight is 209 g/mol. The quantitative estimate of drug-likeness (QED) is 0.720. The lowest BCUT2D eigenvalue weighted by atomic mass is 10.1. The lowest BCUT2D eigenvalue weighted by Gasteiger charge is -2.21. The van der Waals surface area contributed by atoms with Crippen molar-refractivity contribution in [3.63, 3.8) is 0 Å². The zero-order valence-corrected chi connectivity index (χ0v) is 8.31. The number of hydrogen-bond acceptors (Lipinski definition) is 4. The van der Waals surface area contributed by atoms with Gasteiger partial charge in [0.1, 0.15) is 0 Å². The van der Waals surface area contributed by atoms with Crippen molar-refractivity contribution in [1.82, 2.24) is 4.90 Å². The molecule has 3 N–H and O–H groups in total. The minimum absolute atomic E-state index is 0.0416. The van der Waals surface area contributed by atoms with Crippen LogP contribution in [-0.4, -0.2) is 29.6 Å². The summed E-state index contributed by atoms with van der Waals surface area (Å²) in [5.41, 5.74) is 6.37. The summed E-state index contributed by atoms with van der Waals surface area (Å²) in [6, 6.07) is 4.28. The van der Waals surface area contributed by atoms with Gasteiger partial charge in [-0.3, -0.25) is 4.99 Å². The number of phenols is 1. The van der Waals surface area contributed by atoms with E-state index in [4.69, 9.17) is 10.8 Å². The predicted octanol–water partition coefficient (Wildman–Crippen LogP) is 0.833. The number of halogens is 1. The number of nitrogens with two attached hydrogens (primary N) is 1. The third kappa shape index (κ3) is 1.60. The van der Waals surface area contributed by atoms with Crippen LogP contribution in [0.1, 0.15) is 11.6 Å². The number of benzene rings is 1. The van der Waals surface area contributed by atoms with E-state index in [1.54, 1.807) is 18.0 Å². The van der Waals surface area contributed by atoms with Crippen LogP contribution in [0.4, 0.5) is 4.39 Å². The molecule has 0 aromatic heterocycles. The van der Waals surface area contributed by atoms with E-state index >= 15 is 0 Å². The molecule has 0 radical (unpaired) electrons. The fraction of sp³-hybridized carbons (Fsp3) is 0.300. The van der Waals surface area contributed by atoms with Crippen LogP contribution < -0.4 is 5.73 Å². The van der Waals surface area contributed by atoms with Crippen molar-refractivity contribution in [3.05, 3.63) is 29.6 Å². The van der Waals surface area contributed by atoms with Crippen molar-refractivity contribution in [2.45, 2.75) is 6.04 Å². The van der Waals surface area contributed by atoms with Gasteiger partial charge in [-0.15, -0.1) is 0 Å². The SMILES string of the molecule is CN1C(N)=NCC1c1ccc(O)c(F)c1. The maximum atomic E-state index is 13.1. The molecule has 0 aliphatic carbocycles. The smallest absolute Gasteiger partial charge is 0.191 e. The fourth-order valence-electron chi connectivity index (χ4n) is 1.63. The number of guanidine groups is 1. The number of likely N-dealkylation sites (N-methyl/N-ethyl adjacent to an activating group) is 1. The molecule has 0 amide bonds. The number of nitrogens with zero attached hydrogens (tertiary/aromatic N) is 2. The number of aliphatic imine (C=N–C) groups is 1. The van der Waals surface area contributed by atoms with Crippen LogP contribution in [0, 0.1) is 5.82 Å². The standard InChI is InChI=1S/C10H12FN3O/c1-14-8(5-13-10(14)12)6-2-3-9(15)7(11)4-6/h2-4,8,15H,5H2,1H3,(H2,12,13). The molecule has 1 aliphatic heterocycles. The average Bonchev–Trinajstić information content (AvgIpc) is 2.53. The molecular formula is C10H12FN3O. The molecule has 0 saturated carbocycles. The summed E-state index contributed by atoms with van der Waals surface area (Å²) in [7, 11) is 1.81. The Labute approximate surface area is 86.8 Å². The van der Waals surface area contributed by atoms with Crippen LogP contribution in [-0.2, 0) is 0 Å². The Morgan fingerprint density at radius 2 is 2.33 bits per heavy atom. The second-order valence-electron chi connectivity index (χ2n) is 3.54. The first kappa shape index (κ1) is 9.76. The maximum Gasteiger partial charge on any atom is 0.191 e. The molecule has 1 unspecified atom stereocenters. The monoisotopic (exact) mass is 209 g/mol. The predicted molar refractivity (Wildman–Crippen MR) is 55.1 cm³/mol. The molecule has 15 heavy (non-hydrogen) atoms. The molecule has 1 aliphatic rings. The van der Waals surface area contributed by atoms with Crippen molar-refractivity contribution in [1.29, 1.82) is 0 Å². The highest BCUT2D eigenvalue weighted by Crippen LogP contribution is 2.26. The van der Waals surface area contributed by atoms with Crippen LogP contribution in [0.15, 0.2) is 23.2 Å². The number of hydrogen-bond donors (Lipinski definition) is 2. The van der Waals surface area contributed by atoms with Crippen LogP contribution in [0.5, 0.6) is 5.75 Å². The Morgan fingerprint density at radius 3 is 2.87 bits per heavy atom. The van der Waals surface area contributed by atoms with Crippen LogP contribution >= 0.6 is 0 Å². The molecule has 1 heterocycles. The first-order valence-corrected chi connectivity index (χ1v) is 4.61. The van der Waals surface area contributed by atoms with Gasteiger partial charge in [0.05, 0.1) is 12.6 Å². The van der Waals surface area contributed by atoms with Gasteiger partial charge < -0.3 is 15.7 Å². The normalized spacial score (nSPS) is 20.5. The van der Waals surface area contributed by atoms with E-state index < -0.39 is 5.82 Å². The Bertz CT molecular complexity index is 419. The van der Waals surface area contributed by atoms with Gasteiger partial charge in [0.15, 0.2) is 17.5 Å². The molecule has 0 spiro atoms.